The molecular formula is C10H13N3S. The van der Waals surface area contributed by atoms with Crippen LogP contribution in [0.3, 0.4) is 0 Å². The van der Waals surface area contributed by atoms with Crippen molar-refractivity contribution in [2.75, 3.05) is 6.54 Å². The minimum absolute atomic E-state index is 0.445. The topological polar surface area (TPSA) is 48.7 Å². The summed E-state index contributed by atoms with van der Waals surface area (Å²) in [6, 6.07) is 2.88. The van der Waals surface area contributed by atoms with Gasteiger partial charge in [0.2, 0.25) is 0 Å². The summed E-state index contributed by atoms with van der Waals surface area (Å²) < 4.78 is 0. The van der Waals surface area contributed by atoms with Crippen LogP contribution in [0.2, 0.25) is 0 Å². The number of thiazole rings is 1. The highest BCUT2D eigenvalue weighted by atomic mass is 32.1. The second-order valence-corrected chi connectivity index (χ2v) is 4.49. The molecule has 0 amide bonds. The molecule has 3 nitrogen and oxygen atoms in total. The first kappa shape index (κ1) is 9.63. The smallest absolute Gasteiger partial charge is 0.107 e. The summed E-state index contributed by atoms with van der Waals surface area (Å²) in [5, 5.41) is 14.9. The molecule has 0 atom stereocenters. The van der Waals surface area contributed by atoms with Gasteiger partial charge in [0.25, 0.3) is 0 Å². The molecule has 0 aliphatic heterocycles. The second-order valence-electron chi connectivity index (χ2n) is 3.55. The van der Waals surface area contributed by atoms with E-state index in [1.54, 1.807) is 11.3 Å². The molecule has 1 aromatic heterocycles. The Morgan fingerprint density at radius 1 is 1.64 bits per heavy atom. The Kier molecular flexibility index (Phi) is 3.12. The second kappa shape index (κ2) is 4.54. The van der Waals surface area contributed by atoms with Crippen molar-refractivity contribution in [1.29, 1.82) is 5.26 Å². The van der Waals surface area contributed by atoms with E-state index in [2.05, 4.69) is 21.8 Å². The Labute approximate surface area is 87.8 Å². The van der Waals surface area contributed by atoms with Crippen molar-refractivity contribution in [1.82, 2.24) is 10.3 Å². The van der Waals surface area contributed by atoms with Crippen molar-refractivity contribution < 1.29 is 0 Å². The van der Waals surface area contributed by atoms with Crippen LogP contribution >= 0.6 is 11.3 Å². The quantitative estimate of drug-likeness (QED) is 0.796. The molecule has 74 valence electrons. The van der Waals surface area contributed by atoms with Gasteiger partial charge in [-0.25, -0.2) is 4.98 Å². The molecule has 1 fully saturated rings. The van der Waals surface area contributed by atoms with Gasteiger partial charge in [-0.05, 0) is 12.8 Å². The first-order valence-electron chi connectivity index (χ1n) is 4.92. The lowest BCUT2D eigenvalue weighted by Crippen LogP contribution is -2.19. The molecule has 1 aromatic rings. The van der Waals surface area contributed by atoms with Crippen LogP contribution in [0, 0.1) is 11.3 Å². The third-order valence-electron chi connectivity index (χ3n) is 2.22. The first-order chi connectivity index (χ1) is 6.88. The third-order valence-corrected chi connectivity index (χ3v) is 3.12. The Balaban J connectivity index is 1.74. The van der Waals surface area contributed by atoms with E-state index in [0.29, 0.717) is 6.42 Å². The summed E-state index contributed by atoms with van der Waals surface area (Å²) in [4.78, 5) is 4.37. The van der Waals surface area contributed by atoms with Crippen LogP contribution < -0.4 is 5.32 Å². The maximum absolute atomic E-state index is 8.49. The summed E-state index contributed by atoms with van der Waals surface area (Å²) in [5.41, 5.74) is 1.12. The van der Waals surface area contributed by atoms with Crippen LogP contribution in [0.5, 0.6) is 0 Å². The highest BCUT2D eigenvalue weighted by molar-refractivity contribution is 7.09. The van der Waals surface area contributed by atoms with Crippen molar-refractivity contribution in [3.8, 4) is 6.07 Å². The van der Waals surface area contributed by atoms with E-state index in [1.807, 2.05) is 0 Å². The molecule has 0 unspecified atom stereocenters. The molecule has 0 spiro atoms. The van der Waals surface area contributed by atoms with Crippen LogP contribution in [0.4, 0.5) is 0 Å². The largest absolute Gasteiger partial charge is 0.314 e. The predicted molar refractivity (Wildman–Crippen MR) is 56.2 cm³/mol. The van der Waals surface area contributed by atoms with Crippen molar-refractivity contribution in [3.63, 3.8) is 0 Å². The van der Waals surface area contributed by atoms with Gasteiger partial charge in [-0.1, -0.05) is 0 Å². The van der Waals surface area contributed by atoms with Gasteiger partial charge in [-0.2, -0.15) is 5.26 Å². The Morgan fingerprint density at radius 3 is 3.21 bits per heavy atom. The zero-order valence-corrected chi connectivity index (χ0v) is 8.81. The van der Waals surface area contributed by atoms with Gasteiger partial charge in [0.05, 0.1) is 18.2 Å². The van der Waals surface area contributed by atoms with Crippen LogP contribution in [0.1, 0.15) is 23.5 Å². The standard InChI is InChI=1S/C10H13N3S/c11-5-3-10-13-9(7-14-10)4-6-12-8-1-2-8/h7-8,12H,1-4,6H2. The van der Waals surface area contributed by atoms with Crippen LogP contribution in [-0.4, -0.2) is 17.6 Å². The lowest BCUT2D eigenvalue weighted by molar-refractivity contribution is 0.676. The fourth-order valence-corrected chi connectivity index (χ4v) is 2.06. The number of hydrogen-bond donors (Lipinski definition) is 1. The first-order valence-corrected chi connectivity index (χ1v) is 5.80. The van der Waals surface area contributed by atoms with Gasteiger partial charge in [0.15, 0.2) is 0 Å². The summed E-state index contributed by atoms with van der Waals surface area (Å²) in [6.45, 7) is 1.01. The fraction of sp³-hybridized carbons (Fsp3) is 0.600. The number of rotatable bonds is 5. The number of aromatic nitrogens is 1. The lowest BCUT2D eigenvalue weighted by Gasteiger charge is -1.98. The highest BCUT2D eigenvalue weighted by Gasteiger charge is 2.19. The Hall–Kier alpha value is -0.920. The molecule has 4 heteroatoms. The average molecular weight is 207 g/mol. The van der Waals surface area contributed by atoms with Crippen molar-refractivity contribution in [2.45, 2.75) is 31.7 Å². The van der Waals surface area contributed by atoms with E-state index in [9.17, 15) is 0 Å². The zero-order valence-electron chi connectivity index (χ0n) is 7.99. The van der Waals surface area contributed by atoms with E-state index < -0.39 is 0 Å². The molecule has 0 saturated heterocycles. The van der Waals surface area contributed by atoms with Crippen molar-refractivity contribution >= 4 is 11.3 Å². The molecule has 0 bridgehead atoms. The highest BCUT2D eigenvalue weighted by Crippen LogP contribution is 2.18. The van der Waals surface area contributed by atoms with Gasteiger partial charge in [-0.15, -0.1) is 11.3 Å². The Bertz CT molecular complexity index is 335. The zero-order chi connectivity index (χ0) is 9.80. The van der Waals surface area contributed by atoms with E-state index in [4.69, 9.17) is 5.26 Å². The normalized spacial score (nSPS) is 15.4. The number of nitrogens with zero attached hydrogens (tertiary/aromatic N) is 2. The van der Waals surface area contributed by atoms with Crippen LogP contribution in [-0.2, 0) is 12.8 Å². The molecule has 1 heterocycles. The van der Waals surface area contributed by atoms with Crippen LogP contribution in [0.15, 0.2) is 5.38 Å². The van der Waals surface area contributed by atoms with Gasteiger partial charge >= 0.3 is 0 Å². The van der Waals surface area contributed by atoms with E-state index in [1.165, 1.54) is 12.8 Å². The molecule has 2 rings (SSSR count). The number of nitrogens with one attached hydrogen (secondary N) is 1. The average Bonchev–Trinajstić information content (AvgIpc) is 2.88. The maximum atomic E-state index is 8.49. The molecule has 1 N–H and O–H groups in total. The number of hydrogen-bond acceptors (Lipinski definition) is 4. The fourth-order valence-electron chi connectivity index (χ4n) is 1.30. The minimum Gasteiger partial charge on any atom is -0.314 e. The monoisotopic (exact) mass is 207 g/mol. The van der Waals surface area contributed by atoms with Crippen molar-refractivity contribution in [2.24, 2.45) is 0 Å². The van der Waals surface area contributed by atoms with Crippen molar-refractivity contribution in [3.05, 3.63) is 16.1 Å². The SMILES string of the molecule is N#CCc1nc(CCNC2CC2)cs1. The third kappa shape index (κ3) is 2.79. The number of nitriles is 1. The predicted octanol–water partition coefficient (Wildman–Crippen LogP) is 1.50. The van der Waals surface area contributed by atoms with E-state index >= 15 is 0 Å². The molecule has 14 heavy (non-hydrogen) atoms. The van der Waals surface area contributed by atoms with Gasteiger partial charge in [0.1, 0.15) is 5.01 Å². The molecule has 0 aromatic carbocycles. The lowest BCUT2D eigenvalue weighted by atomic mass is 10.3. The van der Waals surface area contributed by atoms with Crippen LogP contribution in [0.25, 0.3) is 0 Å². The molecule has 1 saturated carbocycles. The molecule has 0 radical (unpaired) electrons. The molecular weight excluding hydrogens is 194 g/mol. The van der Waals surface area contributed by atoms with Gasteiger partial charge < -0.3 is 5.32 Å². The molecule has 1 aliphatic carbocycles. The summed E-state index contributed by atoms with van der Waals surface area (Å²) >= 11 is 1.59. The summed E-state index contributed by atoms with van der Waals surface area (Å²) in [5.74, 6) is 0. The Morgan fingerprint density at radius 2 is 2.50 bits per heavy atom. The van der Waals surface area contributed by atoms with Gasteiger partial charge in [0, 0.05) is 24.4 Å². The molecule has 1 aliphatic rings. The minimum atomic E-state index is 0.445. The van der Waals surface area contributed by atoms with Gasteiger partial charge in [-0.3, -0.25) is 0 Å². The van der Waals surface area contributed by atoms with E-state index in [-0.39, 0.29) is 0 Å². The summed E-state index contributed by atoms with van der Waals surface area (Å²) in [6.07, 6.45) is 4.09. The van der Waals surface area contributed by atoms with E-state index in [0.717, 1.165) is 29.7 Å². The summed E-state index contributed by atoms with van der Waals surface area (Å²) in [7, 11) is 0. The maximum Gasteiger partial charge on any atom is 0.107 e.